The predicted molar refractivity (Wildman–Crippen MR) is 108 cm³/mol. The van der Waals surface area contributed by atoms with Gasteiger partial charge >= 0.3 is 0 Å². The van der Waals surface area contributed by atoms with Gasteiger partial charge < -0.3 is 20.8 Å². The molecule has 4 rings (SSSR count). The summed E-state index contributed by atoms with van der Waals surface area (Å²) in [7, 11) is 1.69. The molecule has 0 radical (unpaired) electrons. The number of H-pyrrole nitrogens is 1. The van der Waals surface area contributed by atoms with Crippen molar-refractivity contribution >= 4 is 40.2 Å². The predicted octanol–water partition coefficient (Wildman–Crippen LogP) is 4.39. The SMILES string of the molecule is COc1cc(SN2CCCCC2)ccc1Nc1cc(N)c2cc[nH]c2n1. The topological polar surface area (TPSA) is 79.2 Å². The fourth-order valence-corrected chi connectivity index (χ4v) is 4.23. The molecule has 6 nitrogen and oxygen atoms in total. The fourth-order valence-electron chi connectivity index (χ4n) is 3.20. The Morgan fingerprint density at radius 1 is 1.19 bits per heavy atom. The summed E-state index contributed by atoms with van der Waals surface area (Å²) in [6.07, 6.45) is 5.73. The number of ether oxygens (including phenoxy) is 1. The van der Waals surface area contributed by atoms with E-state index in [2.05, 4.69) is 31.7 Å². The first kappa shape index (κ1) is 17.1. The summed E-state index contributed by atoms with van der Waals surface area (Å²) in [5.74, 6) is 1.48. The summed E-state index contributed by atoms with van der Waals surface area (Å²) in [5, 5.41) is 4.24. The van der Waals surface area contributed by atoms with Crippen LogP contribution in [0.3, 0.4) is 0 Å². The van der Waals surface area contributed by atoms with E-state index in [1.54, 1.807) is 19.1 Å². The zero-order valence-electron chi connectivity index (χ0n) is 14.8. The summed E-state index contributed by atoms with van der Waals surface area (Å²) < 4.78 is 8.01. The van der Waals surface area contributed by atoms with Gasteiger partial charge in [-0.25, -0.2) is 9.29 Å². The highest BCUT2D eigenvalue weighted by atomic mass is 32.2. The molecule has 2 aromatic heterocycles. The number of hydrogen-bond donors (Lipinski definition) is 3. The standard InChI is InChI=1S/C19H23N5OS/c1-25-17-11-13(26-24-9-3-2-4-10-24)5-6-16(17)22-18-12-15(20)14-7-8-21-19(14)23-18/h5-8,11-12H,2-4,9-10H2,1H3,(H4,20,21,22,23). The molecule has 3 aromatic rings. The van der Waals surface area contributed by atoms with E-state index in [9.17, 15) is 0 Å². The number of nitrogens with one attached hydrogen (secondary N) is 2. The Hall–Kier alpha value is -2.38. The van der Waals surface area contributed by atoms with Gasteiger partial charge in [-0.05, 0) is 49.1 Å². The lowest BCUT2D eigenvalue weighted by Crippen LogP contribution is -2.22. The summed E-state index contributed by atoms with van der Waals surface area (Å²) in [6, 6.07) is 9.97. The van der Waals surface area contributed by atoms with Crippen molar-refractivity contribution in [1.82, 2.24) is 14.3 Å². The van der Waals surface area contributed by atoms with Crippen LogP contribution in [0.5, 0.6) is 5.75 Å². The third kappa shape index (κ3) is 3.59. The van der Waals surface area contributed by atoms with Crippen molar-refractivity contribution in [3.8, 4) is 5.75 Å². The van der Waals surface area contributed by atoms with E-state index in [4.69, 9.17) is 10.5 Å². The van der Waals surface area contributed by atoms with E-state index in [0.29, 0.717) is 11.5 Å². The number of aromatic nitrogens is 2. The minimum atomic E-state index is 0.687. The number of rotatable bonds is 5. The molecule has 1 aromatic carbocycles. The van der Waals surface area contributed by atoms with Gasteiger partial charge in [0, 0.05) is 41.3 Å². The van der Waals surface area contributed by atoms with E-state index in [0.717, 1.165) is 35.6 Å². The first-order valence-electron chi connectivity index (χ1n) is 8.84. The van der Waals surface area contributed by atoms with Crippen LogP contribution in [0.15, 0.2) is 41.4 Å². The van der Waals surface area contributed by atoms with Gasteiger partial charge in [-0.2, -0.15) is 0 Å². The molecule has 7 heteroatoms. The van der Waals surface area contributed by atoms with Gasteiger partial charge in [-0.15, -0.1) is 0 Å². The lowest BCUT2D eigenvalue weighted by Gasteiger charge is -2.25. The van der Waals surface area contributed by atoms with Crippen molar-refractivity contribution in [2.45, 2.75) is 24.2 Å². The van der Waals surface area contributed by atoms with Gasteiger partial charge in [-0.3, -0.25) is 0 Å². The number of methoxy groups -OCH3 is 1. The van der Waals surface area contributed by atoms with E-state index in [1.165, 1.54) is 24.2 Å². The second-order valence-electron chi connectivity index (χ2n) is 6.40. The highest BCUT2D eigenvalue weighted by Gasteiger charge is 2.13. The summed E-state index contributed by atoms with van der Waals surface area (Å²) in [4.78, 5) is 8.85. The van der Waals surface area contributed by atoms with Crippen LogP contribution < -0.4 is 15.8 Å². The van der Waals surface area contributed by atoms with E-state index in [-0.39, 0.29) is 0 Å². The smallest absolute Gasteiger partial charge is 0.143 e. The number of anilines is 3. The van der Waals surface area contributed by atoms with Crippen LogP contribution in [0.4, 0.5) is 17.2 Å². The van der Waals surface area contributed by atoms with Crippen molar-refractivity contribution in [1.29, 1.82) is 0 Å². The maximum Gasteiger partial charge on any atom is 0.143 e. The molecule has 1 fully saturated rings. The zero-order valence-corrected chi connectivity index (χ0v) is 15.6. The van der Waals surface area contributed by atoms with E-state index in [1.807, 2.05) is 24.4 Å². The number of fused-ring (bicyclic) bond motifs is 1. The molecule has 0 atom stereocenters. The van der Waals surface area contributed by atoms with Crippen molar-refractivity contribution in [2.24, 2.45) is 0 Å². The molecule has 3 heterocycles. The van der Waals surface area contributed by atoms with E-state index >= 15 is 0 Å². The molecular weight excluding hydrogens is 346 g/mol. The first-order chi connectivity index (χ1) is 12.7. The highest BCUT2D eigenvalue weighted by molar-refractivity contribution is 7.97. The molecule has 0 amide bonds. The Balaban J connectivity index is 1.55. The van der Waals surface area contributed by atoms with Crippen LogP contribution in [0.2, 0.25) is 0 Å². The molecule has 0 aliphatic carbocycles. The van der Waals surface area contributed by atoms with Crippen LogP contribution in [0.1, 0.15) is 19.3 Å². The van der Waals surface area contributed by atoms with Crippen molar-refractivity contribution < 1.29 is 4.74 Å². The second kappa shape index (κ2) is 7.47. The van der Waals surface area contributed by atoms with Crippen LogP contribution in [0, 0.1) is 0 Å². The Morgan fingerprint density at radius 2 is 2.04 bits per heavy atom. The van der Waals surface area contributed by atoms with Crippen molar-refractivity contribution in [3.63, 3.8) is 0 Å². The third-order valence-electron chi connectivity index (χ3n) is 4.55. The number of piperidine rings is 1. The third-order valence-corrected chi connectivity index (χ3v) is 5.63. The Labute approximate surface area is 157 Å². The Morgan fingerprint density at radius 3 is 2.85 bits per heavy atom. The Kier molecular flexibility index (Phi) is 4.90. The molecule has 136 valence electrons. The van der Waals surface area contributed by atoms with Gasteiger partial charge in [0.15, 0.2) is 0 Å². The maximum absolute atomic E-state index is 6.11. The molecule has 1 saturated heterocycles. The first-order valence-corrected chi connectivity index (χ1v) is 9.62. The number of nitrogens with zero attached hydrogens (tertiary/aromatic N) is 2. The number of hydrogen-bond acceptors (Lipinski definition) is 6. The van der Waals surface area contributed by atoms with Crippen LogP contribution in [0.25, 0.3) is 11.0 Å². The van der Waals surface area contributed by atoms with Gasteiger partial charge in [0.25, 0.3) is 0 Å². The average Bonchev–Trinajstić information content (AvgIpc) is 3.13. The Bertz CT molecular complexity index is 904. The monoisotopic (exact) mass is 369 g/mol. The lowest BCUT2D eigenvalue weighted by atomic mass is 10.2. The van der Waals surface area contributed by atoms with Crippen LogP contribution in [-0.4, -0.2) is 34.5 Å². The molecule has 26 heavy (non-hydrogen) atoms. The molecule has 0 unspecified atom stereocenters. The minimum absolute atomic E-state index is 0.687. The van der Waals surface area contributed by atoms with Gasteiger partial charge in [0.05, 0.1) is 12.8 Å². The van der Waals surface area contributed by atoms with Gasteiger partial charge in [-0.1, -0.05) is 6.42 Å². The second-order valence-corrected chi connectivity index (χ2v) is 7.58. The average molecular weight is 369 g/mol. The number of aromatic amines is 1. The highest BCUT2D eigenvalue weighted by Crippen LogP contribution is 2.35. The summed E-state index contributed by atoms with van der Waals surface area (Å²) in [6.45, 7) is 2.29. The lowest BCUT2D eigenvalue weighted by molar-refractivity contribution is 0.380. The number of pyridine rings is 1. The molecule has 0 spiro atoms. The molecule has 0 bridgehead atoms. The molecule has 1 aliphatic rings. The van der Waals surface area contributed by atoms with Crippen molar-refractivity contribution in [2.75, 3.05) is 31.2 Å². The van der Waals surface area contributed by atoms with Crippen LogP contribution >= 0.6 is 11.9 Å². The number of benzene rings is 1. The summed E-state index contributed by atoms with van der Waals surface area (Å²) in [5.41, 5.74) is 8.44. The van der Waals surface area contributed by atoms with E-state index < -0.39 is 0 Å². The van der Waals surface area contributed by atoms with Crippen LogP contribution in [-0.2, 0) is 0 Å². The molecular formula is C19H23N5OS. The zero-order chi connectivity index (χ0) is 17.9. The molecule has 1 aliphatic heterocycles. The van der Waals surface area contributed by atoms with Crippen molar-refractivity contribution in [3.05, 3.63) is 36.5 Å². The largest absolute Gasteiger partial charge is 0.495 e. The quantitative estimate of drug-likeness (QED) is 0.579. The fraction of sp³-hybridized carbons (Fsp3) is 0.316. The van der Waals surface area contributed by atoms with Gasteiger partial charge in [0.2, 0.25) is 0 Å². The maximum atomic E-state index is 6.11. The minimum Gasteiger partial charge on any atom is -0.495 e. The number of nitrogens with two attached hydrogens (primary N) is 1. The normalized spacial score (nSPS) is 15.3. The van der Waals surface area contributed by atoms with Gasteiger partial charge in [0.1, 0.15) is 17.2 Å². The molecule has 0 saturated carbocycles. The molecule has 4 N–H and O–H groups in total. The number of nitrogen functional groups attached to an aromatic ring is 1. The summed E-state index contributed by atoms with van der Waals surface area (Å²) >= 11 is 1.80.